The van der Waals surface area contributed by atoms with Crippen molar-refractivity contribution in [3.8, 4) is 0 Å². The number of nitro groups is 1. The Morgan fingerprint density at radius 2 is 2.00 bits per heavy atom. The fourth-order valence-corrected chi connectivity index (χ4v) is 2.00. The van der Waals surface area contributed by atoms with Crippen LogP contribution in [0.2, 0.25) is 0 Å². The molecule has 0 radical (unpaired) electrons. The number of nitrogens with zero attached hydrogens (tertiary/aromatic N) is 2. The summed E-state index contributed by atoms with van der Waals surface area (Å²) in [6.45, 7) is 5.99. The first-order chi connectivity index (χ1) is 7.11. The highest BCUT2D eigenvalue weighted by molar-refractivity contribution is 8.24. The summed E-state index contributed by atoms with van der Waals surface area (Å²) in [7, 11) is 0. The molecule has 0 rings (SSSR count). The number of hydrogen-bond donors (Lipinski definition) is 0. The lowest BCUT2D eigenvalue weighted by molar-refractivity contribution is -0.402. The first-order valence-corrected chi connectivity index (χ1v) is 6.16. The van der Waals surface area contributed by atoms with Crippen molar-refractivity contribution in [1.82, 2.24) is 4.90 Å². The SMILES string of the molecule is CCCN(CCC)C(=S)SC=C[N+](=O)[O-]. The summed E-state index contributed by atoms with van der Waals surface area (Å²) in [5.41, 5.74) is 0. The average molecular weight is 248 g/mol. The molecule has 0 spiro atoms. The van der Waals surface area contributed by atoms with Gasteiger partial charge in [0.25, 0.3) is 0 Å². The molecule has 0 atom stereocenters. The zero-order valence-corrected chi connectivity index (χ0v) is 10.6. The topological polar surface area (TPSA) is 46.4 Å². The van der Waals surface area contributed by atoms with E-state index in [2.05, 4.69) is 18.7 Å². The van der Waals surface area contributed by atoms with E-state index in [0.29, 0.717) is 4.32 Å². The van der Waals surface area contributed by atoms with Crippen LogP contribution in [0.4, 0.5) is 0 Å². The van der Waals surface area contributed by atoms with Crippen LogP contribution in [0.5, 0.6) is 0 Å². The van der Waals surface area contributed by atoms with Gasteiger partial charge in [-0.3, -0.25) is 10.1 Å². The van der Waals surface area contributed by atoms with E-state index in [1.54, 1.807) is 0 Å². The molecule has 0 aromatic carbocycles. The summed E-state index contributed by atoms with van der Waals surface area (Å²) in [5.74, 6) is 0. The first-order valence-electron chi connectivity index (χ1n) is 4.87. The Bertz CT molecular complexity index is 238. The molecule has 15 heavy (non-hydrogen) atoms. The molecule has 0 saturated carbocycles. The van der Waals surface area contributed by atoms with Gasteiger partial charge in [-0.1, -0.05) is 37.8 Å². The lowest BCUT2D eigenvalue weighted by Crippen LogP contribution is -2.28. The summed E-state index contributed by atoms with van der Waals surface area (Å²) < 4.78 is 0.705. The van der Waals surface area contributed by atoms with Crippen LogP contribution in [0.1, 0.15) is 26.7 Å². The zero-order valence-electron chi connectivity index (χ0n) is 9.01. The van der Waals surface area contributed by atoms with Gasteiger partial charge < -0.3 is 4.90 Å². The summed E-state index contributed by atoms with van der Waals surface area (Å²) in [6.07, 6.45) is 2.96. The van der Waals surface area contributed by atoms with Crippen LogP contribution in [0, 0.1) is 10.1 Å². The van der Waals surface area contributed by atoms with Gasteiger partial charge in [0.2, 0.25) is 6.20 Å². The Morgan fingerprint density at radius 1 is 1.47 bits per heavy atom. The molecule has 86 valence electrons. The molecule has 0 unspecified atom stereocenters. The molecule has 0 heterocycles. The second kappa shape index (κ2) is 8.67. The molecule has 0 saturated heterocycles. The molecule has 0 fully saturated rings. The molecule has 0 aliphatic rings. The van der Waals surface area contributed by atoms with Crippen molar-refractivity contribution in [1.29, 1.82) is 0 Å². The molecular formula is C9H16N2O2S2. The number of hydrogen-bond acceptors (Lipinski definition) is 4. The maximum absolute atomic E-state index is 10.1. The van der Waals surface area contributed by atoms with E-state index in [1.165, 1.54) is 17.2 Å². The minimum absolute atomic E-state index is 0.487. The summed E-state index contributed by atoms with van der Waals surface area (Å²) >= 11 is 6.40. The predicted molar refractivity (Wildman–Crippen MR) is 68.5 cm³/mol. The Morgan fingerprint density at radius 3 is 2.40 bits per heavy atom. The Hall–Kier alpha value is -0.620. The molecule has 6 heteroatoms. The van der Waals surface area contributed by atoms with Gasteiger partial charge in [0.05, 0.1) is 4.92 Å². The van der Waals surface area contributed by atoms with Gasteiger partial charge in [0.15, 0.2) is 0 Å². The van der Waals surface area contributed by atoms with E-state index in [-0.39, 0.29) is 0 Å². The summed E-state index contributed by atoms with van der Waals surface area (Å²) in [5, 5.41) is 11.5. The monoisotopic (exact) mass is 248 g/mol. The first kappa shape index (κ1) is 14.4. The van der Waals surface area contributed by atoms with Crippen molar-refractivity contribution in [2.75, 3.05) is 13.1 Å². The summed E-state index contributed by atoms with van der Waals surface area (Å²) in [4.78, 5) is 11.6. The molecule has 0 aromatic rings. The molecule has 4 nitrogen and oxygen atoms in total. The molecular weight excluding hydrogens is 232 g/mol. The van der Waals surface area contributed by atoms with E-state index in [0.717, 1.165) is 32.1 Å². The van der Waals surface area contributed by atoms with Gasteiger partial charge in [-0.25, -0.2) is 0 Å². The molecule has 0 aliphatic heterocycles. The molecule has 0 N–H and O–H groups in total. The van der Waals surface area contributed by atoms with E-state index < -0.39 is 4.92 Å². The molecule has 0 aliphatic carbocycles. The maximum atomic E-state index is 10.1. The molecule has 0 bridgehead atoms. The van der Waals surface area contributed by atoms with Crippen LogP contribution in [0.25, 0.3) is 0 Å². The van der Waals surface area contributed by atoms with Crippen molar-refractivity contribution in [3.63, 3.8) is 0 Å². The second-order valence-electron chi connectivity index (χ2n) is 2.94. The third kappa shape index (κ3) is 7.33. The fourth-order valence-electron chi connectivity index (χ4n) is 1.05. The highest BCUT2D eigenvalue weighted by atomic mass is 32.2. The largest absolute Gasteiger partial charge is 0.357 e. The van der Waals surface area contributed by atoms with Crippen LogP contribution in [-0.2, 0) is 0 Å². The van der Waals surface area contributed by atoms with Crippen molar-refractivity contribution in [2.45, 2.75) is 26.7 Å². The van der Waals surface area contributed by atoms with Crippen molar-refractivity contribution in [3.05, 3.63) is 21.7 Å². The van der Waals surface area contributed by atoms with Crippen molar-refractivity contribution < 1.29 is 4.92 Å². The van der Waals surface area contributed by atoms with E-state index in [9.17, 15) is 10.1 Å². The lowest BCUT2D eigenvalue weighted by Gasteiger charge is -2.22. The van der Waals surface area contributed by atoms with Crippen LogP contribution in [0.3, 0.4) is 0 Å². The minimum atomic E-state index is -0.487. The normalized spacial score (nSPS) is 10.5. The maximum Gasteiger partial charge on any atom is 0.241 e. The smallest absolute Gasteiger partial charge is 0.241 e. The second-order valence-corrected chi connectivity index (χ2v) is 4.48. The minimum Gasteiger partial charge on any atom is -0.357 e. The van der Waals surface area contributed by atoms with Gasteiger partial charge in [0, 0.05) is 18.5 Å². The van der Waals surface area contributed by atoms with E-state index in [1.807, 2.05) is 0 Å². The quantitative estimate of drug-likeness (QED) is 0.411. The zero-order chi connectivity index (χ0) is 11.7. The number of rotatable bonds is 6. The molecule has 0 aromatic heterocycles. The van der Waals surface area contributed by atoms with Gasteiger partial charge >= 0.3 is 0 Å². The van der Waals surface area contributed by atoms with Gasteiger partial charge in [-0.15, -0.1) is 0 Å². The lowest BCUT2D eigenvalue weighted by atomic mass is 10.4. The van der Waals surface area contributed by atoms with Gasteiger partial charge in [0.1, 0.15) is 4.32 Å². The van der Waals surface area contributed by atoms with Gasteiger partial charge in [-0.2, -0.15) is 0 Å². The summed E-state index contributed by atoms with van der Waals surface area (Å²) in [6, 6.07) is 0. The highest BCUT2D eigenvalue weighted by Gasteiger charge is 2.06. The Labute approximate surface area is 99.9 Å². The Kier molecular flexibility index (Phi) is 8.31. The van der Waals surface area contributed by atoms with Crippen LogP contribution >= 0.6 is 24.0 Å². The van der Waals surface area contributed by atoms with E-state index >= 15 is 0 Å². The van der Waals surface area contributed by atoms with Crippen LogP contribution in [-0.4, -0.2) is 27.2 Å². The average Bonchev–Trinajstić information content (AvgIpc) is 2.16. The number of thiocarbonyl (C=S) groups is 1. The van der Waals surface area contributed by atoms with Crippen LogP contribution in [0.15, 0.2) is 11.6 Å². The fraction of sp³-hybridized carbons (Fsp3) is 0.667. The Balaban J connectivity index is 4.07. The van der Waals surface area contributed by atoms with E-state index in [4.69, 9.17) is 12.2 Å². The predicted octanol–water partition coefficient (Wildman–Crippen LogP) is 2.87. The highest BCUT2D eigenvalue weighted by Crippen LogP contribution is 2.11. The number of thioether (sulfide) groups is 1. The van der Waals surface area contributed by atoms with Crippen LogP contribution < -0.4 is 0 Å². The third-order valence-corrected chi connectivity index (χ3v) is 2.86. The standard InChI is InChI=1S/C9H16N2O2S2/c1-3-5-10(6-4-2)9(14)15-8-7-11(12)13/h7-8H,3-6H2,1-2H3. The molecule has 0 amide bonds. The van der Waals surface area contributed by atoms with Crippen molar-refractivity contribution >= 4 is 28.3 Å². The third-order valence-electron chi connectivity index (χ3n) is 1.60. The van der Waals surface area contributed by atoms with Gasteiger partial charge in [-0.05, 0) is 12.8 Å². The van der Waals surface area contributed by atoms with Crippen molar-refractivity contribution in [2.24, 2.45) is 0 Å².